The zero-order chi connectivity index (χ0) is 13.7. The van der Waals surface area contributed by atoms with Crippen molar-refractivity contribution in [3.63, 3.8) is 0 Å². The second-order valence-corrected chi connectivity index (χ2v) is 6.48. The van der Waals surface area contributed by atoms with Crippen molar-refractivity contribution in [3.8, 4) is 0 Å². The van der Waals surface area contributed by atoms with Crippen LogP contribution in [0.25, 0.3) is 10.9 Å². The van der Waals surface area contributed by atoms with Crippen LogP contribution < -0.4 is 5.73 Å². The number of nitrogens with zero attached hydrogens (tertiary/aromatic N) is 3. The number of hydrogen-bond acceptors (Lipinski definition) is 4. The number of rotatable bonds is 3. The minimum atomic E-state index is 0.598. The number of thiazole rings is 1. The number of aromatic nitrogens is 3. The van der Waals surface area contributed by atoms with Gasteiger partial charge in [-0.15, -0.1) is 11.3 Å². The first kappa shape index (κ1) is 11.9. The Hall–Kier alpha value is -1.88. The molecule has 0 saturated heterocycles. The largest absolute Gasteiger partial charge is 0.398 e. The Morgan fingerprint density at radius 3 is 2.95 bits per heavy atom. The van der Waals surface area contributed by atoms with Gasteiger partial charge >= 0.3 is 0 Å². The lowest BCUT2D eigenvalue weighted by Crippen LogP contribution is -2.02. The van der Waals surface area contributed by atoms with Crippen molar-refractivity contribution in [3.05, 3.63) is 40.0 Å². The monoisotopic (exact) mass is 284 g/mol. The van der Waals surface area contributed by atoms with Crippen molar-refractivity contribution < 1.29 is 0 Å². The van der Waals surface area contributed by atoms with E-state index in [9.17, 15) is 0 Å². The Labute approximate surface area is 121 Å². The number of nitrogens with two attached hydrogens (primary N) is 1. The summed E-state index contributed by atoms with van der Waals surface area (Å²) in [5, 5.41) is 9.16. The molecule has 1 aromatic carbocycles. The lowest BCUT2D eigenvalue weighted by molar-refractivity contribution is 0.683. The van der Waals surface area contributed by atoms with E-state index < -0.39 is 0 Å². The van der Waals surface area contributed by atoms with E-state index in [-0.39, 0.29) is 0 Å². The van der Waals surface area contributed by atoms with E-state index in [4.69, 9.17) is 10.8 Å². The summed E-state index contributed by atoms with van der Waals surface area (Å²) in [5.74, 6) is 0.598. The Bertz CT molecular complexity index is 782. The molecule has 0 spiro atoms. The predicted molar refractivity (Wildman–Crippen MR) is 82.1 cm³/mol. The molecule has 0 atom stereocenters. The molecule has 3 aromatic rings. The van der Waals surface area contributed by atoms with Gasteiger partial charge in [0, 0.05) is 22.4 Å². The van der Waals surface area contributed by atoms with E-state index in [0.717, 1.165) is 33.8 Å². The molecular weight excluding hydrogens is 268 g/mol. The maximum absolute atomic E-state index is 6.17. The number of anilines is 1. The minimum Gasteiger partial charge on any atom is -0.398 e. The highest BCUT2D eigenvalue weighted by Crippen LogP contribution is 2.43. The highest BCUT2D eigenvalue weighted by atomic mass is 32.1. The number of hydrogen-bond donors (Lipinski definition) is 1. The van der Waals surface area contributed by atoms with Gasteiger partial charge in [-0.2, -0.15) is 5.10 Å². The first-order chi connectivity index (χ1) is 9.72. The van der Waals surface area contributed by atoms with Gasteiger partial charge < -0.3 is 5.73 Å². The quantitative estimate of drug-likeness (QED) is 0.751. The maximum atomic E-state index is 6.17. The van der Waals surface area contributed by atoms with Crippen molar-refractivity contribution in [1.29, 1.82) is 0 Å². The smallest absolute Gasteiger partial charge is 0.0898 e. The van der Waals surface area contributed by atoms with Crippen molar-refractivity contribution >= 4 is 27.9 Å². The van der Waals surface area contributed by atoms with Crippen LogP contribution in [0, 0.1) is 6.92 Å². The van der Waals surface area contributed by atoms with Crippen LogP contribution in [0.5, 0.6) is 0 Å². The van der Waals surface area contributed by atoms with Crippen molar-refractivity contribution in [2.45, 2.75) is 32.2 Å². The summed E-state index contributed by atoms with van der Waals surface area (Å²) in [6.45, 7) is 2.75. The van der Waals surface area contributed by atoms with Crippen LogP contribution in [0.1, 0.15) is 35.2 Å². The minimum absolute atomic E-state index is 0.598. The predicted octanol–water partition coefficient (Wildman–Crippen LogP) is 3.31. The highest BCUT2D eigenvalue weighted by molar-refractivity contribution is 7.09. The topological polar surface area (TPSA) is 56.7 Å². The van der Waals surface area contributed by atoms with Crippen LogP contribution in [0.4, 0.5) is 5.69 Å². The molecule has 4 rings (SSSR count). The van der Waals surface area contributed by atoms with Gasteiger partial charge in [0.15, 0.2) is 0 Å². The first-order valence-electron chi connectivity index (χ1n) is 6.88. The summed E-state index contributed by atoms with van der Waals surface area (Å²) in [7, 11) is 0. The zero-order valence-electron chi connectivity index (χ0n) is 11.3. The second-order valence-electron chi connectivity index (χ2n) is 5.42. The van der Waals surface area contributed by atoms with Crippen molar-refractivity contribution in [2.75, 3.05) is 5.73 Å². The molecule has 2 heterocycles. The summed E-state index contributed by atoms with van der Waals surface area (Å²) in [6, 6.07) is 6.07. The standard InChI is InChI=1S/C15H16N4S/c1-9-17-11(8-20-9)7-19-13-4-2-3-12(16)14(13)15(18-19)10-5-6-10/h2-4,8,10H,5-7,16H2,1H3. The fraction of sp³-hybridized carbons (Fsp3) is 0.333. The lowest BCUT2D eigenvalue weighted by Gasteiger charge is -2.01. The molecular formula is C15H16N4S. The molecule has 2 aromatic heterocycles. The van der Waals surface area contributed by atoms with Gasteiger partial charge in [0.2, 0.25) is 0 Å². The number of aryl methyl sites for hydroxylation is 1. The lowest BCUT2D eigenvalue weighted by atomic mass is 10.1. The van der Waals surface area contributed by atoms with Crippen molar-refractivity contribution in [1.82, 2.24) is 14.8 Å². The number of nitrogen functional groups attached to an aromatic ring is 1. The fourth-order valence-corrected chi connectivity index (χ4v) is 3.29. The molecule has 20 heavy (non-hydrogen) atoms. The Balaban J connectivity index is 1.84. The van der Waals surface area contributed by atoms with Gasteiger partial charge in [-0.3, -0.25) is 4.68 Å². The van der Waals surface area contributed by atoms with Gasteiger partial charge in [-0.1, -0.05) is 6.07 Å². The molecule has 0 unspecified atom stereocenters. The van der Waals surface area contributed by atoms with Gasteiger partial charge in [-0.05, 0) is 31.9 Å². The van der Waals surface area contributed by atoms with Crippen LogP contribution in [-0.2, 0) is 6.54 Å². The van der Waals surface area contributed by atoms with E-state index in [1.807, 2.05) is 23.7 Å². The molecule has 0 aliphatic heterocycles. The molecule has 2 N–H and O–H groups in total. The summed E-state index contributed by atoms with van der Waals surface area (Å²) >= 11 is 1.68. The van der Waals surface area contributed by atoms with Gasteiger partial charge in [-0.25, -0.2) is 4.98 Å². The molecule has 1 aliphatic carbocycles. The third kappa shape index (κ3) is 1.89. The third-order valence-electron chi connectivity index (χ3n) is 3.78. The van der Waals surface area contributed by atoms with Crippen LogP contribution >= 0.6 is 11.3 Å². The summed E-state index contributed by atoms with van der Waals surface area (Å²) in [5.41, 5.74) is 10.4. The summed E-state index contributed by atoms with van der Waals surface area (Å²) < 4.78 is 2.05. The van der Waals surface area contributed by atoms with Crippen LogP contribution in [0.2, 0.25) is 0 Å². The van der Waals surface area contributed by atoms with Gasteiger partial charge in [0.05, 0.1) is 28.5 Å². The maximum Gasteiger partial charge on any atom is 0.0898 e. The molecule has 1 aliphatic rings. The van der Waals surface area contributed by atoms with Crippen LogP contribution in [0.15, 0.2) is 23.6 Å². The highest BCUT2D eigenvalue weighted by Gasteiger charge is 2.29. The molecule has 1 saturated carbocycles. The van der Waals surface area contributed by atoms with E-state index in [1.165, 1.54) is 18.5 Å². The Morgan fingerprint density at radius 1 is 1.40 bits per heavy atom. The van der Waals surface area contributed by atoms with E-state index >= 15 is 0 Å². The van der Waals surface area contributed by atoms with E-state index in [1.54, 1.807) is 11.3 Å². The third-order valence-corrected chi connectivity index (χ3v) is 4.60. The Kier molecular flexibility index (Phi) is 2.57. The first-order valence-corrected chi connectivity index (χ1v) is 7.76. The van der Waals surface area contributed by atoms with E-state index in [0.29, 0.717) is 5.92 Å². The molecule has 0 radical (unpaired) electrons. The number of fused-ring (bicyclic) bond motifs is 1. The summed E-state index contributed by atoms with van der Waals surface area (Å²) in [4.78, 5) is 4.53. The fourth-order valence-electron chi connectivity index (χ4n) is 2.68. The average molecular weight is 284 g/mol. The van der Waals surface area contributed by atoms with Crippen molar-refractivity contribution in [2.24, 2.45) is 0 Å². The van der Waals surface area contributed by atoms with Crippen LogP contribution in [-0.4, -0.2) is 14.8 Å². The molecule has 5 heteroatoms. The van der Waals surface area contributed by atoms with Crippen LogP contribution in [0.3, 0.4) is 0 Å². The zero-order valence-corrected chi connectivity index (χ0v) is 12.2. The average Bonchev–Trinajstić information content (AvgIpc) is 3.10. The van der Waals surface area contributed by atoms with E-state index in [2.05, 4.69) is 16.4 Å². The summed E-state index contributed by atoms with van der Waals surface area (Å²) in [6.07, 6.45) is 2.46. The molecule has 4 nitrogen and oxygen atoms in total. The van der Waals surface area contributed by atoms with Gasteiger partial charge in [0.25, 0.3) is 0 Å². The second kappa shape index (κ2) is 4.31. The Morgan fingerprint density at radius 2 is 2.25 bits per heavy atom. The SMILES string of the molecule is Cc1nc(Cn2nc(C3CC3)c3c(N)cccc32)cs1. The molecule has 1 fully saturated rings. The number of benzene rings is 1. The molecule has 0 bridgehead atoms. The molecule has 102 valence electrons. The van der Waals surface area contributed by atoms with Gasteiger partial charge in [0.1, 0.15) is 0 Å². The normalized spacial score (nSPS) is 15.1. The molecule has 0 amide bonds.